The number of carbonyl (C=O) groups is 1. The van der Waals surface area contributed by atoms with Crippen molar-refractivity contribution in [2.45, 2.75) is 40.2 Å². The van der Waals surface area contributed by atoms with Gasteiger partial charge in [-0.3, -0.25) is 4.79 Å². The molecule has 2 unspecified atom stereocenters. The van der Waals surface area contributed by atoms with E-state index in [2.05, 4.69) is 30.5 Å². The van der Waals surface area contributed by atoms with Crippen LogP contribution >= 0.6 is 0 Å². The maximum absolute atomic E-state index is 11.9. The molecule has 0 aliphatic carbocycles. The van der Waals surface area contributed by atoms with Crippen molar-refractivity contribution in [1.29, 1.82) is 0 Å². The van der Waals surface area contributed by atoms with Crippen molar-refractivity contribution in [2.24, 2.45) is 5.92 Å². The van der Waals surface area contributed by atoms with Crippen LogP contribution in [0.4, 0.5) is 5.69 Å². The van der Waals surface area contributed by atoms with Crippen molar-refractivity contribution in [2.75, 3.05) is 11.9 Å². The molecule has 0 radical (unpaired) electrons. The third-order valence-corrected chi connectivity index (χ3v) is 3.26. The summed E-state index contributed by atoms with van der Waals surface area (Å²) in [6.07, 6.45) is 0.858. The third kappa shape index (κ3) is 3.84. The lowest BCUT2D eigenvalue weighted by molar-refractivity contribution is -0.119. The molecule has 1 aromatic carbocycles. The Labute approximate surface area is 110 Å². The summed E-state index contributed by atoms with van der Waals surface area (Å²) < 4.78 is 0. The number of hydrogen-bond donors (Lipinski definition) is 2. The average molecular weight is 248 g/mol. The van der Waals surface area contributed by atoms with Gasteiger partial charge in [0.2, 0.25) is 5.91 Å². The number of rotatable bonds is 6. The minimum Gasteiger partial charge on any atom is -0.326 e. The second kappa shape index (κ2) is 7.17. The molecule has 18 heavy (non-hydrogen) atoms. The molecule has 2 atom stereocenters. The lowest BCUT2D eigenvalue weighted by Crippen LogP contribution is -2.23. The van der Waals surface area contributed by atoms with Crippen molar-refractivity contribution in [3.63, 3.8) is 0 Å². The van der Waals surface area contributed by atoms with E-state index in [9.17, 15) is 4.79 Å². The van der Waals surface area contributed by atoms with Crippen LogP contribution in [0.25, 0.3) is 0 Å². The normalized spacial score (nSPS) is 14.0. The molecule has 1 rings (SSSR count). The van der Waals surface area contributed by atoms with Crippen LogP contribution in [0.1, 0.15) is 45.7 Å². The second-order valence-electron chi connectivity index (χ2n) is 4.67. The van der Waals surface area contributed by atoms with E-state index in [1.54, 1.807) is 0 Å². The van der Waals surface area contributed by atoms with Crippen molar-refractivity contribution in [3.05, 3.63) is 29.8 Å². The van der Waals surface area contributed by atoms with Gasteiger partial charge in [-0.25, -0.2) is 0 Å². The molecule has 100 valence electrons. The molecule has 0 aliphatic heterocycles. The Morgan fingerprint density at radius 2 is 1.89 bits per heavy atom. The topological polar surface area (TPSA) is 41.1 Å². The Morgan fingerprint density at radius 3 is 2.50 bits per heavy atom. The van der Waals surface area contributed by atoms with Crippen molar-refractivity contribution < 1.29 is 4.79 Å². The fourth-order valence-corrected chi connectivity index (χ4v) is 1.85. The van der Waals surface area contributed by atoms with Crippen LogP contribution in [0.2, 0.25) is 0 Å². The van der Waals surface area contributed by atoms with Crippen molar-refractivity contribution in [3.8, 4) is 0 Å². The molecule has 1 amide bonds. The van der Waals surface area contributed by atoms with Gasteiger partial charge in [0.25, 0.3) is 0 Å². The summed E-state index contributed by atoms with van der Waals surface area (Å²) in [5.41, 5.74) is 2.05. The SMILES string of the molecule is CCNC(C)c1ccccc1NC(=O)C(C)CC. The smallest absolute Gasteiger partial charge is 0.227 e. The molecule has 0 spiro atoms. The lowest BCUT2D eigenvalue weighted by atomic mass is 10.0. The minimum atomic E-state index is 0.0486. The van der Waals surface area contributed by atoms with E-state index in [0.717, 1.165) is 24.2 Å². The van der Waals surface area contributed by atoms with E-state index in [4.69, 9.17) is 0 Å². The summed E-state index contributed by atoms with van der Waals surface area (Å²) in [5.74, 6) is 0.140. The van der Waals surface area contributed by atoms with Gasteiger partial charge in [0.15, 0.2) is 0 Å². The largest absolute Gasteiger partial charge is 0.326 e. The zero-order valence-electron chi connectivity index (χ0n) is 11.8. The van der Waals surface area contributed by atoms with Crippen LogP contribution in [0.15, 0.2) is 24.3 Å². The molecule has 0 saturated heterocycles. The molecule has 0 bridgehead atoms. The Hall–Kier alpha value is -1.35. The van der Waals surface area contributed by atoms with Crippen LogP contribution in [-0.4, -0.2) is 12.5 Å². The summed E-state index contributed by atoms with van der Waals surface area (Å²) in [4.78, 5) is 11.9. The molecule has 3 nitrogen and oxygen atoms in total. The molecule has 1 aromatic rings. The summed E-state index contributed by atoms with van der Waals surface area (Å²) in [7, 11) is 0. The molecule has 0 saturated carbocycles. The third-order valence-electron chi connectivity index (χ3n) is 3.26. The zero-order valence-corrected chi connectivity index (χ0v) is 11.8. The highest BCUT2D eigenvalue weighted by molar-refractivity contribution is 5.93. The summed E-state index contributed by atoms with van der Waals surface area (Å²) in [5, 5.41) is 6.39. The Balaban J connectivity index is 2.85. The number of anilines is 1. The molecule has 0 aliphatic rings. The minimum absolute atomic E-state index is 0.0486. The number of hydrogen-bond acceptors (Lipinski definition) is 2. The first-order valence-corrected chi connectivity index (χ1v) is 6.73. The van der Waals surface area contributed by atoms with E-state index in [-0.39, 0.29) is 17.9 Å². The molecule has 0 fully saturated rings. The maximum atomic E-state index is 11.9. The first kappa shape index (κ1) is 14.7. The Bertz CT molecular complexity index is 390. The average Bonchev–Trinajstić information content (AvgIpc) is 2.38. The monoisotopic (exact) mass is 248 g/mol. The highest BCUT2D eigenvalue weighted by atomic mass is 16.1. The predicted molar refractivity (Wildman–Crippen MR) is 76.6 cm³/mol. The molecule has 3 heteroatoms. The van der Waals surface area contributed by atoms with E-state index in [1.165, 1.54) is 0 Å². The van der Waals surface area contributed by atoms with Crippen LogP contribution in [0.3, 0.4) is 0 Å². The number of carbonyl (C=O) groups excluding carboxylic acids is 1. The standard InChI is InChI=1S/C15H24N2O/c1-5-11(3)15(18)17-14-10-8-7-9-13(14)12(4)16-6-2/h7-12,16H,5-6H2,1-4H3,(H,17,18). The van der Waals surface area contributed by atoms with Gasteiger partial charge in [0.05, 0.1) is 0 Å². The van der Waals surface area contributed by atoms with Gasteiger partial charge in [-0.1, -0.05) is 39.0 Å². The van der Waals surface area contributed by atoms with Gasteiger partial charge < -0.3 is 10.6 Å². The van der Waals surface area contributed by atoms with E-state index >= 15 is 0 Å². The quantitative estimate of drug-likeness (QED) is 0.810. The Morgan fingerprint density at radius 1 is 1.22 bits per heavy atom. The number of benzene rings is 1. The molecule has 0 aromatic heterocycles. The highest BCUT2D eigenvalue weighted by Crippen LogP contribution is 2.23. The molecular formula is C15H24N2O. The van der Waals surface area contributed by atoms with Crippen LogP contribution in [0, 0.1) is 5.92 Å². The van der Waals surface area contributed by atoms with E-state index in [1.807, 2.05) is 32.0 Å². The molecule has 0 heterocycles. The zero-order chi connectivity index (χ0) is 13.5. The van der Waals surface area contributed by atoms with Crippen molar-refractivity contribution >= 4 is 11.6 Å². The summed E-state index contributed by atoms with van der Waals surface area (Å²) in [6.45, 7) is 9.08. The first-order chi connectivity index (χ1) is 8.60. The number of para-hydroxylation sites is 1. The maximum Gasteiger partial charge on any atom is 0.227 e. The first-order valence-electron chi connectivity index (χ1n) is 6.73. The number of amides is 1. The van der Waals surface area contributed by atoms with E-state index in [0.29, 0.717) is 0 Å². The van der Waals surface area contributed by atoms with Gasteiger partial charge in [-0.05, 0) is 31.5 Å². The van der Waals surface area contributed by atoms with E-state index < -0.39 is 0 Å². The predicted octanol–water partition coefficient (Wildman–Crippen LogP) is 3.34. The van der Waals surface area contributed by atoms with Crippen molar-refractivity contribution in [1.82, 2.24) is 5.32 Å². The van der Waals surface area contributed by atoms with Gasteiger partial charge >= 0.3 is 0 Å². The van der Waals surface area contributed by atoms with Gasteiger partial charge in [-0.15, -0.1) is 0 Å². The summed E-state index contributed by atoms with van der Waals surface area (Å²) in [6, 6.07) is 8.21. The molecular weight excluding hydrogens is 224 g/mol. The second-order valence-corrected chi connectivity index (χ2v) is 4.67. The molecule has 2 N–H and O–H groups in total. The van der Waals surface area contributed by atoms with Gasteiger partial charge in [-0.2, -0.15) is 0 Å². The van der Waals surface area contributed by atoms with Gasteiger partial charge in [0, 0.05) is 17.6 Å². The fraction of sp³-hybridized carbons (Fsp3) is 0.533. The number of nitrogens with one attached hydrogen (secondary N) is 2. The van der Waals surface area contributed by atoms with Gasteiger partial charge in [0.1, 0.15) is 0 Å². The van der Waals surface area contributed by atoms with Crippen LogP contribution in [-0.2, 0) is 4.79 Å². The van der Waals surface area contributed by atoms with Crippen LogP contribution in [0.5, 0.6) is 0 Å². The lowest BCUT2D eigenvalue weighted by Gasteiger charge is -2.18. The highest BCUT2D eigenvalue weighted by Gasteiger charge is 2.14. The summed E-state index contributed by atoms with van der Waals surface area (Å²) >= 11 is 0. The fourth-order valence-electron chi connectivity index (χ4n) is 1.85. The Kier molecular flexibility index (Phi) is 5.86. The van der Waals surface area contributed by atoms with Crippen LogP contribution < -0.4 is 10.6 Å².